The van der Waals surface area contributed by atoms with Crippen LogP contribution in [-0.4, -0.2) is 22.8 Å². The van der Waals surface area contributed by atoms with Crippen molar-refractivity contribution in [2.45, 2.75) is 12.5 Å². The van der Waals surface area contributed by atoms with Crippen LogP contribution in [0.25, 0.3) is 11.0 Å². The van der Waals surface area contributed by atoms with Gasteiger partial charge in [0, 0.05) is 12.7 Å². The van der Waals surface area contributed by atoms with E-state index < -0.39 is 11.6 Å². The van der Waals surface area contributed by atoms with E-state index >= 15 is 0 Å². The predicted molar refractivity (Wildman–Crippen MR) is 61.5 cm³/mol. The Morgan fingerprint density at radius 1 is 1.41 bits per heavy atom. The third-order valence-corrected chi connectivity index (χ3v) is 3.31. The molecule has 6 heteroatoms. The van der Waals surface area contributed by atoms with Crippen LogP contribution in [0.2, 0.25) is 0 Å². The van der Waals surface area contributed by atoms with Crippen molar-refractivity contribution in [1.29, 1.82) is 0 Å². The quantitative estimate of drug-likeness (QED) is 0.795. The van der Waals surface area contributed by atoms with Gasteiger partial charge in [-0.3, -0.25) is 0 Å². The van der Waals surface area contributed by atoms with Crippen molar-refractivity contribution in [3.8, 4) is 0 Å². The zero-order chi connectivity index (χ0) is 12.0. The van der Waals surface area contributed by atoms with E-state index in [0.717, 1.165) is 12.5 Å². The molecule has 1 aliphatic rings. The van der Waals surface area contributed by atoms with Gasteiger partial charge in [0.2, 0.25) is 0 Å². The fourth-order valence-corrected chi connectivity index (χ4v) is 2.59. The average Bonchev–Trinajstić information content (AvgIpc) is 2.84. The van der Waals surface area contributed by atoms with Gasteiger partial charge in [-0.25, -0.2) is 8.78 Å². The smallest absolute Gasteiger partial charge is 0.178 e. The second kappa shape index (κ2) is 3.89. The molecule has 17 heavy (non-hydrogen) atoms. The lowest BCUT2D eigenvalue weighted by molar-refractivity contribution is 0.187. The topological polar surface area (TPSA) is 29.9 Å². The standard InChI is InChI=1S/C11H10F2N2OS/c12-6-3-8(13)10-9(4-6)15(11(17)14-10)7-1-2-16-5-7/h3-4,7H,1-2,5H2,(H,14,17). The van der Waals surface area contributed by atoms with Crippen molar-refractivity contribution < 1.29 is 13.5 Å². The minimum Gasteiger partial charge on any atom is -0.379 e. The lowest BCUT2D eigenvalue weighted by atomic mass is 10.2. The van der Waals surface area contributed by atoms with Gasteiger partial charge in [0.1, 0.15) is 11.3 Å². The van der Waals surface area contributed by atoms with Crippen molar-refractivity contribution in [3.05, 3.63) is 28.5 Å². The molecule has 1 N–H and O–H groups in total. The van der Waals surface area contributed by atoms with Gasteiger partial charge in [-0.2, -0.15) is 0 Å². The molecule has 2 heterocycles. The Hall–Kier alpha value is -1.27. The van der Waals surface area contributed by atoms with E-state index in [-0.39, 0.29) is 11.6 Å². The number of halogens is 2. The maximum atomic E-state index is 13.6. The van der Waals surface area contributed by atoms with Crippen LogP contribution in [0.1, 0.15) is 12.5 Å². The number of ether oxygens (including phenoxy) is 1. The Morgan fingerprint density at radius 2 is 2.24 bits per heavy atom. The zero-order valence-electron chi connectivity index (χ0n) is 8.87. The van der Waals surface area contributed by atoms with Crippen LogP contribution in [0.5, 0.6) is 0 Å². The molecule has 0 bridgehead atoms. The highest BCUT2D eigenvalue weighted by molar-refractivity contribution is 7.71. The van der Waals surface area contributed by atoms with Crippen molar-refractivity contribution in [3.63, 3.8) is 0 Å². The molecule has 0 amide bonds. The van der Waals surface area contributed by atoms with Crippen molar-refractivity contribution in [1.82, 2.24) is 9.55 Å². The Morgan fingerprint density at radius 3 is 2.94 bits per heavy atom. The Kier molecular flexibility index (Phi) is 2.48. The van der Waals surface area contributed by atoms with Crippen LogP contribution >= 0.6 is 12.2 Å². The summed E-state index contributed by atoms with van der Waals surface area (Å²) in [5.41, 5.74) is 0.714. The number of rotatable bonds is 1. The Bertz CT molecular complexity index is 628. The fraction of sp³-hybridized carbons (Fsp3) is 0.364. The van der Waals surface area contributed by atoms with Gasteiger partial charge in [0.25, 0.3) is 0 Å². The molecule has 0 radical (unpaired) electrons. The van der Waals surface area contributed by atoms with Crippen molar-refractivity contribution >= 4 is 23.3 Å². The fourth-order valence-electron chi connectivity index (χ4n) is 2.24. The molecule has 1 atom stereocenters. The summed E-state index contributed by atoms with van der Waals surface area (Å²) >= 11 is 5.16. The molecule has 90 valence electrons. The van der Waals surface area contributed by atoms with Crippen LogP contribution in [0.15, 0.2) is 12.1 Å². The molecule has 1 aliphatic heterocycles. The summed E-state index contributed by atoms with van der Waals surface area (Å²) in [6, 6.07) is 2.20. The third kappa shape index (κ3) is 1.68. The van der Waals surface area contributed by atoms with E-state index in [1.165, 1.54) is 6.07 Å². The lowest BCUT2D eigenvalue weighted by Crippen LogP contribution is -2.08. The first-order valence-corrected chi connectivity index (χ1v) is 5.74. The number of H-pyrrole nitrogens is 1. The van der Waals surface area contributed by atoms with Crippen LogP contribution in [0.4, 0.5) is 8.78 Å². The molecule has 0 saturated carbocycles. The first-order valence-electron chi connectivity index (χ1n) is 5.34. The molecular formula is C11H10F2N2OS. The molecule has 1 saturated heterocycles. The highest BCUT2D eigenvalue weighted by atomic mass is 32.1. The molecule has 1 fully saturated rings. The third-order valence-electron chi connectivity index (χ3n) is 3.02. The summed E-state index contributed by atoms with van der Waals surface area (Å²) in [5, 5.41) is 0. The maximum absolute atomic E-state index is 13.6. The van der Waals surface area contributed by atoms with Gasteiger partial charge in [0.15, 0.2) is 10.6 Å². The lowest BCUT2D eigenvalue weighted by Gasteiger charge is -2.10. The first-order chi connectivity index (χ1) is 8.16. The molecule has 3 nitrogen and oxygen atoms in total. The van der Waals surface area contributed by atoms with Crippen LogP contribution in [0, 0.1) is 16.4 Å². The average molecular weight is 256 g/mol. The largest absolute Gasteiger partial charge is 0.379 e. The number of aromatic nitrogens is 2. The molecule has 2 aromatic rings. The Balaban J connectivity index is 2.29. The maximum Gasteiger partial charge on any atom is 0.178 e. The normalized spacial score (nSPS) is 20.2. The highest BCUT2D eigenvalue weighted by Gasteiger charge is 2.21. The van der Waals surface area contributed by atoms with Crippen LogP contribution in [0.3, 0.4) is 0 Å². The number of nitrogens with zero attached hydrogens (tertiary/aromatic N) is 1. The number of hydrogen-bond acceptors (Lipinski definition) is 2. The zero-order valence-corrected chi connectivity index (χ0v) is 9.69. The number of fused-ring (bicyclic) bond motifs is 1. The highest BCUT2D eigenvalue weighted by Crippen LogP contribution is 2.27. The van der Waals surface area contributed by atoms with E-state index in [9.17, 15) is 8.78 Å². The number of aromatic amines is 1. The Labute approximate surface area is 101 Å². The van der Waals surface area contributed by atoms with E-state index in [1.807, 2.05) is 0 Å². The molecule has 0 aliphatic carbocycles. The molecule has 3 rings (SSSR count). The van der Waals surface area contributed by atoms with Gasteiger partial charge in [-0.05, 0) is 24.7 Å². The van der Waals surface area contributed by atoms with Crippen molar-refractivity contribution in [2.24, 2.45) is 0 Å². The summed E-state index contributed by atoms with van der Waals surface area (Å²) in [6.07, 6.45) is 0.805. The van der Waals surface area contributed by atoms with Gasteiger partial charge < -0.3 is 14.3 Å². The number of nitrogens with one attached hydrogen (secondary N) is 1. The summed E-state index contributed by atoms with van der Waals surface area (Å²) in [5.74, 6) is -1.22. The van der Waals surface area contributed by atoms with Crippen LogP contribution < -0.4 is 0 Å². The minimum atomic E-state index is -0.622. The second-order valence-electron chi connectivity index (χ2n) is 4.10. The molecule has 1 unspecified atom stereocenters. The van der Waals surface area contributed by atoms with E-state index in [0.29, 0.717) is 23.5 Å². The minimum absolute atomic E-state index is 0.0532. The summed E-state index contributed by atoms with van der Waals surface area (Å²) in [4.78, 5) is 2.78. The molecule has 0 spiro atoms. The number of imidazole rings is 1. The molecular weight excluding hydrogens is 246 g/mol. The number of hydrogen-bond donors (Lipinski definition) is 1. The monoisotopic (exact) mass is 256 g/mol. The van der Waals surface area contributed by atoms with E-state index in [2.05, 4.69) is 4.98 Å². The van der Waals surface area contributed by atoms with E-state index in [1.54, 1.807) is 4.57 Å². The van der Waals surface area contributed by atoms with E-state index in [4.69, 9.17) is 17.0 Å². The van der Waals surface area contributed by atoms with Crippen molar-refractivity contribution in [2.75, 3.05) is 13.2 Å². The summed E-state index contributed by atoms with van der Waals surface area (Å²) in [7, 11) is 0. The van der Waals surface area contributed by atoms with Gasteiger partial charge >= 0.3 is 0 Å². The molecule has 1 aromatic carbocycles. The second-order valence-corrected chi connectivity index (χ2v) is 4.49. The predicted octanol–water partition coefficient (Wildman–Crippen LogP) is 2.94. The SMILES string of the molecule is Fc1cc(F)c2[nH]c(=S)n(C3CCOC3)c2c1. The first kappa shape index (κ1) is 10.9. The van der Waals surface area contributed by atoms with Gasteiger partial charge in [-0.1, -0.05) is 0 Å². The van der Waals surface area contributed by atoms with Gasteiger partial charge in [-0.15, -0.1) is 0 Å². The van der Waals surface area contributed by atoms with Crippen LogP contribution in [-0.2, 0) is 4.74 Å². The molecule has 1 aromatic heterocycles. The number of benzene rings is 1. The summed E-state index contributed by atoms with van der Waals surface area (Å²) < 4.78 is 34.2. The summed E-state index contributed by atoms with van der Waals surface area (Å²) in [6.45, 7) is 1.18. The van der Waals surface area contributed by atoms with Gasteiger partial charge in [0.05, 0.1) is 18.2 Å².